The minimum atomic E-state index is -1.29. The number of carboxylic acid groups (broad SMARTS) is 3. The number of pyridine rings is 1. The van der Waals surface area contributed by atoms with Crippen LogP contribution in [0, 0.1) is 5.82 Å². The van der Waals surface area contributed by atoms with Crippen molar-refractivity contribution < 1.29 is 34.1 Å². The van der Waals surface area contributed by atoms with Crippen molar-refractivity contribution >= 4 is 46.3 Å². The number of piperazine rings is 1. The number of benzene rings is 1. The van der Waals surface area contributed by atoms with Crippen molar-refractivity contribution in [1.29, 1.82) is 0 Å². The number of halogens is 1. The van der Waals surface area contributed by atoms with Crippen LogP contribution in [0.1, 0.15) is 29.1 Å². The zero-order valence-electron chi connectivity index (χ0n) is 17.6. The smallest absolute Gasteiger partial charge is 0.342 e. The molecule has 1 aromatic carbocycles. The van der Waals surface area contributed by atoms with Crippen LogP contribution in [-0.2, 0) is 9.59 Å². The molecule has 0 spiro atoms. The summed E-state index contributed by atoms with van der Waals surface area (Å²) in [4.78, 5) is 45.5. The van der Waals surface area contributed by atoms with Crippen LogP contribution in [0.15, 0.2) is 22.0 Å². The molecular weight excluding hydrogens is 459 g/mol. The lowest BCUT2D eigenvalue weighted by Crippen LogP contribution is -2.44. The molecule has 0 radical (unpaired) electrons. The predicted molar refractivity (Wildman–Crippen MR) is 119 cm³/mol. The SMILES string of the molecule is C[C@@H]1Sc2c(C(=O)O)c(=O)c3cc(F)c(N4CCNCC4)cc3n21.N[C@@H](CC(=O)O)C(=O)O. The average molecular weight is 482 g/mol. The maximum Gasteiger partial charge on any atom is 0.342 e. The molecule has 13 heteroatoms. The molecule has 2 aliphatic rings. The third-order valence-electron chi connectivity index (χ3n) is 5.26. The van der Waals surface area contributed by atoms with E-state index in [1.807, 2.05) is 16.4 Å². The van der Waals surface area contributed by atoms with Gasteiger partial charge in [0.25, 0.3) is 0 Å². The van der Waals surface area contributed by atoms with E-state index in [-0.39, 0.29) is 16.3 Å². The number of aromatic carboxylic acids is 1. The van der Waals surface area contributed by atoms with E-state index in [2.05, 4.69) is 5.32 Å². The van der Waals surface area contributed by atoms with Gasteiger partial charge in [-0.2, -0.15) is 0 Å². The van der Waals surface area contributed by atoms with Gasteiger partial charge in [-0.3, -0.25) is 14.4 Å². The van der Waals surface area contributed by atoms with Crippen LogP contribution in [0.5, 0.6) is 0 Å². The minimum Gasteiger partial charge on any atom is -0.481 e. The number of aliphatic carboxylic acids is 2. The molecular formula is C20H23FN4O7S. The fourth-order valence-electron chi connectivity index (χ4n) is 3.65. The van der Waals surface area contributed by atoms with E-state index in [1.165, 1.54) is 17.8 Å². The molecule has 33 heavy (non-hydrogen) atoms. The third kappa shape index (κ3) is 4.94. The van der Waals surface area contributed by atoms with Gasteiger partial charge < -0.3 is 35.8 Å². The first-order chi connectivity index (χ1) is 15.5. The van der Waals surface area contributed by atoms with Gasteiger partial charge in [0.05, 0.1) is 28.0 Å². The number of nitrogens with one attached hydrogen (secondary N) is 1. The minimum absolute atomic E-state index is 0.0162. The van der Waals surface area contributed by atoms with E-state index in [9.17, 15) is 28.7 Å². The van der Waals surface area contributed by atoms with Gasteiger partial charge in [-0.1, -0.05) is 11.8 Å². The molecule has 11 nitrogen and oxygen atoms in total. The Labute approximate surface area is 191 Å². The Morgan fingerprint density at radius 2 is 1.88 bits per heavy atom. The highest BCUT2D eigenvalue weighted by Gasteiger charge is 2.33. The summed E-state index contributed by atoms with van der Waals surface area (Å²) in [7, 11) is 0. The van der Waals surface area contributed by atoms with E-state index in [1.54, 1.807) is 6.07 Å². The number of thioether (sulfide) groups is 1. The highest BCUT2D eigenvalue weighted by Crippen LogP contribution is 2.46. The molecule has 2 atom stereocenters. The zero-order chi connectivity index (χ0) is 24.4. The van der Waals surface area contributed by atoms with Crippen LogP contribution in [0.25, 0.3) is 10.9 Å². The molecule has 0 unspecified atom stereocenters. The van der Waals surface area contributed by atoms with Gasteiger partial charge >= 0.3 is 17.9 Å². The second-order valence-corrected chi connectivity index (χ2v) is 8.81. The van der Waals surface area contributed by atoms with E-state index in [0.717, 1.165) is 13.1 Å². The van der Waals surface area contributed by atoms with E-state index < -0.39 is 41.6 Å². The summed E-state index contributed by atoms with van der Waals surface area (Å²) in [6.07, 6.45) is -0.532. The number of carbonyl (C=O) groups is 3. The number of nitrogens with zero attached hydrogens (tertiary/aromatic N) is 2. The van der Waals surface area contributed by atoms with Crippen LogP contribution in [0.3, 0.4) is 0 Å². The van der Waals surface area contributed by atoms with Gasteiger partial charge in [0.2, 0.25) is 5.43 Å². The quantitative estimate of drug-likeness (QED) is 0.406. The standard InChI is InChI=1S/C16H16FN3O3S.C4H7NO4/c1-8-20-11-7-12(19-4-2-18-3-5-19)10(17)6-9(11)14(21)13(16(22)23)15(20)24-8;5-2(4(8)9)1-3(6)7/h6-8,18H,2-5H2,1H3,(H,22,23);2H,1,5H2,(H,6,7)(H,8,9)/t8-;2-/m00/s1. The van der Waals surface area contributed by atoms with Gasteiger partial charge in [-0.15, -0.1) is 0 Å². The Balaban J connectivity index is 0.000000292. The summed E-state index contributed by atoms with van der Waals surface area (Å²) in [6.45, 7) is 4.87. The number of fused-ring (bicyclic) bond motifs is 3. The maximum absolute atomic E-state index is 14.6. The van der Waals surface area contributed by atoms with E-state index in [4.69, 9.17) is 15.9 Å². The maximum atomic E-state index is 14.6. The van der Waals surface area contributed by atoms with Crippen LogP contribution in [0.4, 0.5) is 10.1 Å². The molecule has 1 aromatic heterocycles. The number of rotatable bonds is 5. The molecule has 0 amide bonds. The summed E-state index contributed by atoms with van der Waals surface area (Å²) >= 11 is 1.35. The van der Waals surface area contributed by atoms with Crippen LogP contribution in [-0.4, -0.2) is 70.0 Å². The Bertz CT molecular complexity index is 1180. The van der Waals surface area contributed by atoms with Crippen molar-refractivity contribution in [3.63, 3.8) is 0 Å². The third-order valence-corrected chi connectivity index (χ3v) is 6.43. The Morgan fingerprint density at radius 3 is 2.36 bits per heavy atom. The molecule has 0 aliphatic carbocycles. The normalized spacial score (nSPS) is 17.9. The second kappa shape index (κ2) is 9.77. The Hall–Kier alpha value is -3.16. The number of aromatic nitrogens is 1. The van der Waals surface area contributed by atoms with Crippen molar-refractivity contribution in [3.05, 3.63) is 33.7 Å². The van der Waals surface area contributed by atoms with Gasteiger partial charge in [0, 0.05) is 31.6 Å². The average Bonchev–Trinajstić information content (AvgIpc) is 2.74. The summed E-state index contributed by atoms with van der Waals surface area (Å²) in [5, 5.41) is 29.2. The van der Waals surface area contributed by atoms with Crippen molar-refractivity contribution in [2.24, 2.45) is 5.73 Å². The monoisotopic (exact) mass is 482 g/mol. The lowest BCUT2D eigenvalue weighted by molar-refractivity contribution is -0.144. The molecule has 1 saturated heterocycles. The van der Waals surface area contributed by atoms with Crippen LogP contribution in [0.2, 0.25) is 0 Å². The molecule has 4 rings (SSSR count). The number of hydrogen-bond acceptors (Lipinski definition) is 8. The summed E-state index contributed by atoms with van der Waals surface area (Å²) < 4.78 is 16.4. The lowest BCUT2D eigenvalue weighted by Gasteiger charge is -2.34. The number of anilines is 1. The van der Waals surface area contributed by atoms with E-state index >= 15 is 0 Å². The first-order valence-corrected chi connectivity index (χ1v) is 10.9. The predicted octanol–water partition coefficient (Wildman–Crippen LogP) is 0.746. The molecule has 2 aliphatic heterocycles. The van der Waals surface area contributed by atoms with Crippen LogP contribution < -0.4 is 21.4 Å². The molecule has 3 heterocycles. The van der Waals surface area contributed by atoms with Gasteiger partial charge in [-0.25, -0.2) is 9.18 Å². The Kier molecular flexibility index (Phi) is 7.25. The van der Waals surface area contributed by atoms with Crippen LogP contribution >= 0.6 is 11.8 Å². The first kappa shape index (κ1) is 24.5. The number of hydrogen-bond donors (Lipinski definition) is 5. The fourth-order valence-corrected chi connectivity index (χ4v) is 4.80. The molecule has 6 N–H and O–H groups in total. The number of carboxylic acids is 3. The summed E-state index contributed by atoms with van der Waals surface area (Å²) in [5.41, 5.74) is 5.02. The summed E-state index contributed by atoms with van der Waals surface area (Å²) in [6, 6.07) is 1.58. The zero-order valence-corrected chi connectivity index (χ0v) is 18.4. The first-order valence-electron chi connectivity index (χ1n) is 10.0. The van der Waals surface area contributed by atoms with E-state index in [0.29, 0.717) is 29.3 Å². The fraction of sp³-hybridized carbons (Fsp3) is 0.400. The van der Waals surface area contributed by atoms with Crippen molar-refractivity contribution in [1.82, 2.24) is 9.88 Å². The molecule has 2 aromatic rings. The second-order valence-electron chi connectivity index (χ2n) is 7.50. The molecule has 1 fully saturated rings. The highest BCUT2D eigenvalue weighted by molar-refractivity contribution is 8.00. The van der Waals surface area contributed by atoms with Crippen molar-refractivity contribution in [2.75, 3.05) is 31.1 Å². The largest absolute Gasteiger partial charge is 0.481 e. The van der Waals surface area contributed by atoms with Crippen molar-refractivity contribution in [3.8, 4) is 0 Å². The molecule has 0 saturated carbocycles. The highest BCUT2D eigenvalue weighted by atomic mass is 32.2. The number of nitrogens with two attached hydrogens (primary N) is 1. The lowest BCUT2D eigenvalue weighted by atomic mass is 10.1. The topological polar surface area (TPSA) is 175 Å². The molecule has 0 bridgehead atoms. The summed E-state index contributed by atoms with van der Waals surface area (Å²) in [5.74, 6) is -4.25. The van der Waals surface area contributed by atoms with Gasteiger partial charge in [0.15, 0.2) is 0 Å². The Morgan fingerprint density at radius 1 is 1.24 bits per heavy atom. The van der Waals surface area contributed by atoms with Gasteiger partial charge in [-0.05, 0) is 19.1 Å². The molecule has 178 valence electrons. The van der Waals surface area contributed by atoms with Crippen molar-refractivity contribution in [2.45, 2.75) is 29.8 Å². The van der Waals surface area contributed by atoms with Gasteiger partial charge in [0.1, 0.15) is 17.4 Å².